The normalized spacial score (nSPS) is 25.8. The minimum absolute atomic E-state index is 0. The molecule has 23 heavy (non-hydrogen) atoms. The molecule has 0 bridgehead atoms. The zero-order chi connectivity index (χ0) is 15.4. The summed E-state index contributed by atoms with van der Waals surface area (Å²) in [6.45, 7) is 7.12. The molecule has 2 fully saturated rings. The molecule has 5 heteroatoms. The van der Waals surface area contributed by atoms with E-state index in [0.717, 1.165) is 24.5 Å². The maximum atomic E-state index is 5.96. The number of rotatable bonds is 5. The predicted molar refractivity (Wildman–Crippen MR) is 85.7 cm³/mol. The van der Waals surface area contributed by atoms with Gasteiger partial charge in [0.1, 0.15) is 11.5 Å². The number of hydrogen-bond acceptors (Lipinski definition) is 4. The minimum atomic E-state index is -0.167. The van der Waals surface area contributed by atoms with Crippen molar-refractivity contribution in [1.82, 2.24) is 4.90 Å². The van der Waals surface area contributed by atoms with Gasteiger partial charge in [-0.1, -0.05) is 13.0 Å². The number of hydrogen-bond donors (Lipinski definition) is 0. The Labute approximate surface area is 198 Å². The summed E-state index contributed by atoms with van der Waals surface area (Å²) in [5.74, 6) is 2.81. The fourth-order valence-corrected chi connectivity index (χ4v) is 2.94. The molecular weight excluding hydrogens is 411 g/mol. The number of benzene rings is 1. The van der Waals surface area contributed by atoms with Crippen LogP contribution in [0, 0.1) is 18.4 Å². The van der Waals surface area contributed by atoms with E-state index < -0.39 is 0 Å². The second-order valence-corrected chi connectivity index (χ2v) is 6.57. The van der Waals surface area contributed by atoms with Crippen molar-refractivity contribution in [3.8, 4) is 11.5 Å². The molecule has 0 aromatic heterocycles. The van der Waals surface area contributed by atoms with Crippen LogP contribution in [0.15, 0.2) is 24.3 Å². The molecule has 0 amide bonds. The third kappa shape index (κ3) is 6.55. The molecule has 1 aromatic carbocycles. The molecule has 2 aliphatic rings. The summed E-state index contributed by atoms with van der Waals surface area (Å²) in [6.07, 6.45) is 3.17. The van der Waals surface area contributed by atoms with Crippen LogP contribution in [-0.4, -0.2) is 37.9 Å². The molecule has 2 heterocycles. The third-order valence-corrected chi connectivity index (χ3v) is 4.42. The standard InChI is InChI=1S/C18H26NO3.Cs/c1-14-10-18(21-12-14)22-17-5-3-4-16(11-17)20-13-15-6-8-19(2)9-7-15;/h3-5,11-12,14-15,18H,6-10,13H2,1-2H3;/q-1;+1/t14-,18?;/m1./s1. The number of nitrogens with zero attached hydrogens (tertiary/aromatic N) is 1. The van der Waals surface area contributed by atoms with E-state index in [0.29, 0.717) is 11.8 Å². The maximum absolute atomic E-state index is 5.96. The Morgan fingerprint density at radius 1 is 1.26 bits per heavy atom. The summed E-state index contributed by atoms with van der Waals surface area (Å²) in [6, 6.07) is 7.88. The van der Waals surface area contributed by atoms with Crippen molar-refractivity contribution in [3.05, 3.63) is 30.9 Å². The number of likely N-dealkylation sites (tertiary alicyclic amines) is 1. The molecule has 0 aliphatic carbocycles. The molecule has 0 radical (unpaired) electrons. The van der Waals surface area contributed by atoms with Crippen LogP contribution >= 0.6 is 0 Å². The fourth-order valence-electron chi connectivity index (χ4n) is 2.94. The molecular formula is C18H26CsNO3. The quantitative estimate of drug-likeness (QED) is 0.622. The Balaban J connectivity index is 0.00000192. The molecule has 0 spiro atoms. The van der Waals surface area contributed by atoms with Gasteiger partial charge in [-0.25, -0.2) is 6.61 Å². The average molecular weight is 437 g/mol. The Hall–Kier alpha value is 0.792. The van der Waals surface area contributed by atoms with E-state index in [4.69, 9.17) is 14.2 Å². The Morgan fingerprint density at radius 3 is 2.70 bits per heavy atom. The third-order valence-electron chi connectivity index (χ3n) is 4.42. The van der Waals surface area contributed by atoms with Crippen molar-refractivity contribution >= 4 is 0 Å². The Kier molecular flexibility index (Phi) is 8.80. The molecule has 2 aliphatic heterocycles. The van der Waals surface area contributed by atoms with Gasteiger partial charge in [-0.05, 0) is 57.5 Å². The number of piperidine rings is 1. The van der Waals surface area contributed by atoms with Crippen LogP contribution in [0.1, 0.15) is 26.2 Å². The largest absolute Gasteiger partial charge is 1.00 e. The van der Waals surface area contributed by atoms with Crippen LogP contribution in [0.2, 0.25) is 0 Å². The van der Waals surface area contributed by atoms with Gasteiger partial charge in [0.15, 0.2) is 6.29 Å². The smallest absolute Gasteiger partial charge is 0.520 e. The number of ether oxygens (including phenoxy) is 3. The molecule has 122 valence electrons. The maximum Gasteiger partial charge on any atom is 1.00 e. The minimum Gasteiger partial charge on any atom is -0.520 e. The monoisotopic (exact) mass is 437 g/mol. The van der Waals surface area contributed by atoms with Crippen molar-refractivity contribution < 1.29 is 83.1 Å². The van der Waals surface area contributed by atoms with Gasteiger partial charge in [0.05, 0.1) is 6.61 Å². The van der Waals surface area contributed by atoms with E-state index in [9.17, 15) is 0 Å². The predicted octanol–water partition coefficient (Wildman–Crippen LogP) is 0.334. The summed E-state index contributed by atoms with van der Waals surface area (Å²) in [7, 11) is 2.18. The summed E-state index contributed by atoms with van der Waals surface area (Å²) in [5, 5.41) is 0. The van der Waals surface area contributed by atoms with E-state index in [1.807, 2.05) is 30.9 Å². The molecule has 2 atom stereocenters. The molecule has 0 N–H and O–H groups in total. The van der Waals surface area contributed by atoms with Gasteiger partial charge in [0, 0.05) is 6.07 Å². The summed E-state index contributed by atoms with van der Waals surface area (Å²) in [5.41, 5.74) is 0. The fraction of sp³-hybridized carbons (Fsp3) is 0.611. The first-order valence-corrected chi connectivity index (χ1v) is 8.26. The Bertz CT molecular complexity index is 477. The molecule has 4 nitrogen and oxygen atoms in total. The van der Waals surface area contributed by atoms with Gasteiger partial charge in [0.25, 0.3) is 0 Å². The van der Waals surface area contributed by atoms with Crippen molar-refractivity contribution in [3.63, 3.8) is 0 Å². The molecule has 2 saturated heterocycles. The zero-order valence-corrected chi connectivity index (χ0v) is 20.8. The van der Waals surface area contributed by atoms with Gasteiger partial charge in [0.2, 0.25) is 0 Å². The van der Waals surface area contributed by atoms with Gasteiger partial charge in [-0.15, -0.1) is 5.92 Å². The van der Waals surface area contributed by atoms with Crippen molar-refractivity contribution in [2.75, 3.05) is 26.7 Å². The molecule has 1 aromatic rings. The summed E-state index contributed by atoms with van der Waals surface area (Å²) < 4.78 is 17.3. The first kappa shape index (κ1) is 20.1. The molecule has 1 unspecified atom stereocenters. The van der Waals surface area contributed by atoms with E-state index in [2.05, 4.69) is 18.9 Å². The zero-order valence-electron chi connectivity index (χ0n) is 14.5. The average Bonchev–Trinajstić information content (AvgIpc) is 2.92. The van der Waals surface area contributed by atoms with Gasteiger partial charge in [-0.2, -0.15) is 0 Å². The topological polar surface area (TPSA) is 30.9 Å². The van der Waals surface area contributed by atoms with Gasteiger partial charge >= 0.3 is 68.9 Å². The first-order valence-electron chi connectivity index (χ1n) is 8.26. The summed E-state index contributed by atoms with van der Waals surface area (Å²) >= 11 is 0. The second-order valence-electron chi connectivity index (χ2n) is 6.57. The van der Waals surface area contributed by atoms with Crippen LogP contribution < -0.4 is 78.4 Å². The van der Waals surface area contributed by atoms with E-state index >= 15 is 0 Å². The van der Waals surface area contributed by atoms with Crippen LogP contribution in [-0.2, 0) is 4.74 Å². The van der Waals surface area contributed by atoms with Gasteiger partial charge in [-0.3, -0.25) is 0 Å². The first-order chi connectivity index (χ1) is 10.7. The summed E-state index contributed by atoms with van der Waals surface area (Å²) in [4.78, 5) is 2.38. The second kappa shape index (κ2) is 10.1. The van der Waals surface area contributed by atoms with E-state index in [-0.39, 0.29) is 75.2 Å². The molecule has 0 saturated carbocycles. The Morgan fingerprint density at radius 2 is 2.00 bits per heavy atom. The van der Waals surface area contributed by atoms with Crippen molar-refractivity contribution in [2.45, 2.75) is 32.5 Å². The van der Waals surface area contributed by atoms with Gasteiger partial charge < -0.3 is 19.1 Å². The van der Waals surface area contributed by atoms with E-state index in [1.165, 1.54) is 25.9 Å². The van der Waals surface area contributed by atoms with Crippen LogP contribution in [0.4, 0.5) is 0 Å². The van der Waals surface area contributed by atoms with Crippen LogP contribution in [0.25, 0.3) is 0 Å². The van der Waals surface area contributed by atoms with Crippen LogP contribution in [0.5, 0.6) is 11.5 Å². The SMILES string of the molecule is C[C@H]1[CH-]OC(Oc2cccc(OCC3CCN(C)CC3)c2)C1.[Cs+]. The van der Waals surface area contributed by atoms with Crippen molar-refractivity contribution in [2.24, 2.45) is 11.8 Å². The van der Waals surface area contributed by atoms with Crippen molar-refractivity contribution in [1.29, 1.82) is 0 Å². The molecule has 3 rings (SSSR count). The van der Waals surface area contributed by atoms with E-state index in [1.54, 1.807) is 0 Å². The van der Waals surface area contributed by atoms with Crippen LogP contribution in [0.3, 0.4) is 0 Å².